The minimum atomic E-state index is -3.95. The first-order valence-electron chi connectivity index (χ1n) is 7.69. The standard InChI is InChI=1S/C17H16N4O4S/c1-12-7-9-14(10-8-12)26(23,24)21-17(22)18-11-15-19-16(20-25-15)13-5-3-2-4-6-13/h2-10H,11H2,1H3,(H2,18,21,22). The molecule has 2 amide bonds. The molecule has 0 aliphatic heterocycles. The number of benzene rings is 2. The summed E-state index contributed by atoms with van der Waals surface area (Å²) in [6, 6.07) is 14.5. The molecule has 3 aromatic rings. The van der Waals surface area contributed by atoms with Gasteiger partial charge in [-0.1, -0.05) is 53.2 Å². The Morgan fingerprint density at radius 3 is 2.46 bits per heavy atom. The number of sulfonamides is 1. The van der Waals surface area contributed by atoms with Gasteiger partial charge in [0.05, 0.1) is 11.4 Å². The van der Waals surface area contributed by atoms with Crippen molar-refractivity contribution in [1.82, 2.24) is 20.2 Å². The third kappa shape index (κ3) is 4.25. The Kier molecular flexibility index (Phi) is 4.99. The molecule has 134 valence electrons. The van der Waals surface area contributed by atoms with E-state index >= 15 is 0 Å². The fourth-order valence-electron chi connectivity index (χ4n) is 2.12. The molecule has 0 atom stereocenters. The van der Waals surface area contributed by atoms with Crippen molar-refractivity contribution in [2.75, 3.05) is 0 Å². The largest absolute Gasteiger partial charge is 0.337 e. The van der Waals surface area contributed by atoms with E-state index < -0.39 is 16.1 Å². The number of carbonyl (C=O) groups is 1. The molecule has 1 heterocycles. The van der Waals surface area contributed by atoms with Gasteiger partial charge in [0.25, 0.3) is 10.0 Å². The summed E-state index contributed by atoms with van der Waals surface area (Å²) < 4.78 is 31.2. The van der Waals surface area contributed by atoms with E-state index in [4.69, 9.17) is 4.52 Å². The maximum atomic E-state index is 12.1. The van der Waals surface area contributed by atoms with Crippen LogP contribution in [0.2, 0.25) is 0 Å². The maximum absolute atomic E-state index is 12.1. The number of aryl methyl sites for hydroxylation is 1. The van der Waals surface area contributed by atoms with Gasteiger partial charge in [-0.2, -0.15) is 4.98 Å². The molecule has 0 bridgehead atoms. The van der Waals surface area contributed by atoms with Crippen molar-refractivity contribution < 1.29 is 17.7 Å². The second kappa shape index (κ2) is 7.36. The van der Waals surface area contributed by atoms with E-state index in [-0.39, 0.29) is 17.3 Å². The monoisotopic (exact) mass is 372 g/mol. The minimum Gasteiger partial charge on any atom is -0.337 e. The Bertz CT molecular complexity index is 999. The molecule has 1 aromatic heterocycles. The van der Waals surface area contributed by atoms with Crippen LogP contribution in [0.15, 0.2) is 64.0 Å². The second-order valence-electron chi connectivity index (χ2n) is 5.48. The summed E-state index contributed by atoms with van der Waals surface area (Å²) in [5.74, 6) is 0.543. The Morgan fingerprint density at radius 2 is 1.77 bits per heavy atom. The molecule has 2 aromatic carbocycles. The van der Waals surface area contributed by atoms with E-state index in [0.29, 0.717) is 5.82 Å². The average Bonchev–Trinajstić information content (AvgIpc) is 3.10. The lowest BCUT2D eigenvalue weighted by Crippen LogP contribution is -2.39. The van der Waals surface area contributed by atoms with Crippen LogP contribution in [-0.2, 0) is 16.6 Å². The molecule has 0 saturated carbocycles. The smallest absolute Gasteiger partial charge is 0.329 e. The highest BCUT2D eigenvalue weighted by Crippen LogP contribution is 2.14. The van der Waals surface area contributed by atoms with Crippen LogP contribution in [0, 0.1) is 6.92 Å². The molecule has 8 nitrogen and oxygen atoms in total. The number of rotatable bonds is 5. The van der Waals surface area contributed by atoms with Crippen LogP contribution in [0.4, 0.5) is 4.79 Å². The van der Waals surface area contributed by atoms with Gasteiger partial charge in [0, 0.05) is 5.56 Å². The highest BCUT2D eigenvalue weighted by Gasteiger charge is 2.18. The predicted molar refractivity (Wildman–Crippen MR) is 93.5 cm³/mol. The van der Waals surface area contributed by atoms with Gasteiger partial charge in [-0.15, -0.1) is 0 Å². The van der Waals surface area contributed by atoms with Crippen molar-refractivity contribution >= 4 is 16.1 Å². The SMILES string of the molecule is Cc1ccc(S(=O)(=O)NC(=O)NCc2nc(-c3ccccc3)no2)cc1. The van der Waals surface area contributed by atoms with Crippen LogP contribution < -0.4 is 10.0 Å². The molecule has 3 rings (SSSR count). The molecule has 0 radical (unpaired) electrons. The van der Waals surface area contributed by atoms with Crippen molar-refractivity contribution in [1.29, 1.82) is 0 Å². The van der Waals surface area contributed by atoms with Crippen molar-refractivity contribution in [2.24, 2.45) is 0 Å². The van der Waals surface area contributed by atoms with Gasteiger partial charge in [-0.05, 0) is 19.1 Å². The van der Waals surface area contributed by atoms with Gasteiger partial charge in [0.15, 0.2) is 0 Å². The molecule has 26 heavy (non-hydrogen) atoms. The highest BCUT2D eigenvalue weighted by molar-refractivity contribution is 7.90. The Labute approximate surface area is 150 Å². The molecule has 0 spiro atoms. The van der Waals surface area contributed by atoms with Crippen LogP contribution in [0.1, 0.15) is 11.5 Å². The first-order chi connectivity index (χ1) is 12.4. The van der Waals surface area contributed by atoms with Crippen LogP contribution in [0.25, 0.3) is 11.4 Å². The van der Waals surface area contributed by atoms with E-state index in [1.165, 1.54) is 12.1 Å². The lowest BCUT2D eigenvalue weighted by molar-refractivity contribution is 0.243. The molecule has 0 aliphatic rings. The van der Waals surface area contributed by atoms with Gasteiger partial charge in [-0.3, -0.25) is 0 Å². The zero-order valence-corrected chi connectivity index (χ0v) is 14.7. The number of urea groups is 1. The maximum Gasteiger partial charge on any atom is 0.329 e. The third-order valence-electron chi connectivity index (χ3n) is 3.46. The van der Waals surface area contributed by atoms with Gasteiger partial charge < -0.3 is 9.84 Å². The zero-order chi connectivity index (χ0) is 18.6. The number of hydrogen-bond acceptors (Lipinski definition) is 6. The van der Waals surface area contributed by atoms with Gasteiger partial charge in [0.2, 0.25) is 11.7 Å². The van der Waals surface area contributed by atoms with Crippen LogP contribution in [0.5, 0.6) is 0 Å². The average molecular weight is 372 g/mol. The molecule has 0 saturated heterocycles. The number of carbonyl (C=O) groups excluding carboxylic acids is 1. The fourth-order valence-corrected chi connectivity index (χ4v) is 3.05. The number of aromatic nitrogens is 2. The molecule has 0 unspecified atom stereocenters. The molecule has 0 aliphatic carbocycles. The topological polar surface area (TPSA) is 114 Å². The number of nitrogens with one attached hydrogen (secondary N) is 2. The molecular weight excluding hydrogens is 356 g/mol. The lowest BCUT2D eigenvalue weighted by atomic mass is 10.2. The summed E-state index contributed by atoms with van der Waals surface area (Å²) in [4.78, 5) is 16.0. The molecule has 9 heteroatoms. The quantitative estimate of drug-likeness (QED) is 0.710. The zero-order valence-electron chi connectivity index (χ0n) is 13.8. The van der Waals surface area contributed by atoms with Gasteiger partial charge in [0.1, 0.15) is 0 Å². The Balaban J connectivity index is 1.59. The van der Waals surface area contributed by atoms with E-state index in [0.717, 1.165) is 11.1 Å². The van der Waals surface area contributed by atoms with E-state index in [1.54, 1.807) is 12.1 Å². The van der Waals surface area contributed by atoms with Crippen molar-refractivity contribution in [3.05, 3.63) is 66.1 Å². The normalized spacial score (nSPS) is 11.1. The van der Waals surface area contributed by atoms with Crippen molar-refractivity contribution in [3.63, 3.8) is 0 Å². The number of hydrogen-bond donors (Lipinski definition) is 2. The first-order valence-corrected chi connectivity index (χ1v) is 9.18. The van der Waals surface area contributed by atoms with Gasteiger partial charge in [-0.25, -0.2) is 17.9 Å². The second-order valence-corrected chi connectivity index (χ2v) is 7.16. The third-order valence-corrected chi connectivity index (χ3v) is 4.81. The molecule has 0 fully saturated rings. The summed E-state index contributed by atoms with van der Waals surface area (Å²) in [6.07, 6.45) is 0. The summed E-state index contributed by atoms with van der Waals surface area (Å²) >= 11 is 0. The Hall–Kier alpha value is -3.20. The predicted octanol–water partition coefficient (Wildman–Crippen LogP) is 2.23. The van der Waals surface area contributed by atoms with E-state index in [1.807, 2.05) is 42.0 Å². The van der Waals surface area contributed by atoms with Crippen molar-refractivity contribution in [3.8, 4) is 11.4 Å². The Morgan fingerprint density at radius 1 is 1.08 bits per heavy atom. The van der Waals surface area contributed by atoms with E-state index in [9.17, 15) is 13.2 Å². The minimum absolute atomic E-state index is 0.00223. The van der Waals surface area contributed by atoms with Crippen LogP contribution in [-0.4, -0.2) is 24.6 Å². The number of amides is 2. The summed E-state index contributed by atoms with van der Waals surface area (Å²) in [5, 5.41) is 6.19. The van der Waals surface area contributed by atoms with Crippen LogP contribution >= 0.6 is 0 Å². The van der Waals surface area contributed by atoms with E-state index in [2.05, 4.69) is 15.5 Å². The fraction of sp³-hybridized carbons (Fsp3) is 0.118. The summed E-state index contributed by atoms with van der Waals surface area (Å²) in [7, 11) is -3.95. The number of nitrogens with zero attached hydrogens (tertiary/aromatic N) is 2. The van der Waals surface area contributed by atoms with Crippen LogP contribution in [0.3, 0.4) is 0 Å². The highest BCUT2D eigenvalue weighted by atomic mass is 32.2. The van der Waals surface area contributed by atoms with Gasteiger partial charge >= 0.3 is 6.03 Å². The molecular formula is C17H16N4O4S. The lowest BCUT2D eigenvalue weighted by Gasteiger charge is -2.07. The molecule has 2 N–H and O–H groups in total. The van der Waals surface area contributed by atoms with Crippen molar-refractivity contribution in [2.45, 2.75) is 18.4 Å². The summed E-state index contributed by atoms with van der Waals surface area (Å²) in [6.45, 7) is 1.74. The first kappa shape index (κ1) is 17.6. The summed E-state index contributed by atoms with van der Waals surface area (Å²) in [5.41, 5.74) is 1.69.